The normalized spacial score (nSPS) is 11.6. The van der Waals surface area contributed by atoms with Gasteiger partial charge in [-0.05, 0) is 19.1 Å². The number of sulfonamides is 1. The van der Waals surface area contributed by atoms with Gasteiger partial charge in [-0.15, -0.1) is 0 Å². The second-order valence-electron chi connectivity index (χ2n) is 4.17. The summed E-state index contributed by atoms with van der Waals surface area (Å²) in [6.07, 6.45) is 1.26. The van der Waals surface area contributed by atoms with Crippen molar-refractivity contribution in [2.45, 2.75) is 11.9 Å². The van der Waals surface area contributed by atoms with Gasteiger partial charge in [-0.2, -0.15) is 8.42 Å². The smallest absolute Gasteiger partial charge is 0.281 e. The maximum Gasteiger partial charge on any atom is 0.281 e. The van der Waals surface area contributed by atoms with Crippen LogP contribution in [-0.4, -0.2) is 18.0 Å². The van der Waals surface area contributed by atoms with Crippen molar-refractivity contribution in [1.29, 1.82) is 0 Å². The molecular weight excluding hydrogens is 290 g/mol. The molecule has 0 aliphatic carbocycles. The number of nitrogen functional groups attached to an aromatic ring is 1. The van der Waals surface area contributed by atoms with E-state index in [9.17, 15) is 17.2 Å². The summed E-state index contributed by atoms with van der Waals surface area (Å²) in [7, 11) is -2.54. The highest BCUT2D eigenvalue weighted by Crippen LogP contribution is 2.27. The van der Waals surface area contributed by atoms with Gasteiger partial charge in [0.15, 0.2) is 16.7 Å². The number of aryl methyl sites for hydroxylation is 2. The minimum Gasteiger partial charge on any atom is -0.397 e. The van der Waals surface area contributed by atoms with Crippen molar-refractivity contribution in [2.24, 2.45) is 7.05 Å². The second kappa shape index (κ2) is 4.75. The Kier molecular flexibility index (Phi) is 3.38. The van der Waals surface area contributed by atoms with Gasteiger partial charge in [0, 0.05) is 13.2 Å². The summed E-state index contributed by atoms with van der Waals surface area (Å²) in [6, 6.07) is 1.88. The Morgan fingerprint density at radius 3 is 2.55 bits per heavy atom. The zero-order chi connectivity index (χ0) is 15.1. The van der Waals surface area contributed by atoms with E-state index in [1.807, 2.05) is 4.72 Å². The van der Waals surface area contributed by atoms with Crippen LogP contribution in [0.2, 0.25) is 0 Å². The number of anilines is 2. The predicted molar refractivity (Wildman–Crippen MR) is 69.5 cm³/mol. The van der Waals surface area contributed by atoms with Crippen LogP contribution in [0.4, 0.5) is 20.2 Å². The van der Waals surface area contributed by atoms with E-state index in [-0.39, 0.29) is 10.7 Å². The first-order chi connectivity index (χ1) is 9.22. The topological polar surface area (TPSA) is 90.0 Å². The molecule has 2 rings (SSSR count). The van der Waals surface area contributed by atoms with E-state index >= 15 is 0 Å². The van der Waals surface area contributed by atoms with Gasteiger partial charge in [-0.25, -0.2) is 13.8 Å². The van der Waals surface area contributed by atoms with Crippen molar-refractivity contribution >= 4 is 21.4 Å². The summed E-state index contributed by atoms with van der Waals surface area (Å²) in [5.74, 6) is -2.10. The Balaban J connectivity index is 2.46. The van der Waals surface area contributed by atoms with Gasteiger partial charge in [0.25, 0.3) is 10.0 Å². The van der Waals surface area contributed by atoms with Gasteiger partial charge >= 0.3 is 0 Å². The zero-order valence-corrected chi connectivity index (χ0v) is 11.5. The number of benzene rings is 1. The molecule has 3 N–H and O–H groups in total. The quantitative estimate of drug-likeness (QED) is 0.838. The monoisotopic (exact) mass is 302 g/mol. The van der Waals surface area contributed by atoms with Crippen LogP contribution in [0.15, 0.2) is 23.4 Å². The molecular formula is C11H12F2N4O2S. The average Bonchev–Trinajstić information content (AvgIpc) is 2.71. The highest BCUT2D eigenvalue weighted by Gasteiger charge is 2.22. The number of aromatic nitrogens is 2. The molecule has 0 unspecified atom stereocenters. The molecule has 0 aliphatic heterocycles. The van der Waals surface area contributed by atoms with E-state index < -0.39 is 27.3 Å². The molecule has 0 saturated carbocycles. The van der Waals surface area contributed by atoms with Crippen molar-refractivity contribution in [1.82, 2.24) is 9.55 Å². The van der Waals surface area contributed by atoms with Crippen LogP contribution in [-0.2, 0) is 17.1 Å². The Bertz CT molecular complexity index is 751. The second-order valence-corrected chi connectivity index (χ2v) is 5.80. The molecule has 0 aliphatic rings. The lowest BCUT2D eigenvalue weighted by atomic mass is 10.2. The Morgan fingerprint density at radius 1 is 1.35 bits per heavy atom. The number of hydrogen-bond acceptors (Lipinski definition) is 4. The van der Waals surface area contributed by atoms with Gasteiger partial charge in [0.05, 0.1) is 5.69 Å². The minimum atomic E-state index is -4.15. The molecule has 0 radical (unpaired) electrons. The molecule has 2 aromatic rings. The third kappa shape index (κ3) is 2.44. The third-order valence-corrected chi connectivity index (χ3v) is 3.95. The molecule has 20 heavy (non-hydrogen) atoms. The lowest BCUT2D eigenvalue weighted by molar-refractivity contribution is 0.512. The fraction of sp³-hybridized carbons (Fsp3) is 0.182. The SMILES string of the molecule is Cc1nc(S(=O)(=O)Nc2c(N)ccc(F)c2F)cn1C. The van der Waals surface area contributed by atoms with E-state index in [1.54, 1.807) is 14.0 Å². The molecule has 0 amide bonds. The molecule has 9 heteroatoms. The third-order valence-electron chi connectivity index (χ3n) is 2.73. The van der Waals surface area contributed by atoms with Crippen molar-refractivity contribution in [2.75, 3.05) is 10.5 Å². The van der Waals surface area contributed by atoms with Gasteiger partial charge in [-0.1, -0.05) is 0 Å². The number of nitrogens with one attached hydrogen (secondary N) is 1. The van der Waals surface area contributed by atoms with E-state index in [0.717, 1.165) is 12.1 Å². The van der Waals surface area contributed by atoms with E-state index in [2.05, 4.69) is 4.98 Å². The van der Waals surface area contributed by atoms with Crippen LogP contribution in [0.3, 0.4) is 0 Å². The fourth-order valence-electron chi connectivity index (χ4n) is 1.51. The van der Waals surface area contributed by atoms with Crippen LogP contribution in [0.5, 0.6) is 0 Å². The van der Waals surface area contributed by atoms with Crippen LogP contribution in [0.1, 0.15) is 5.82 Å². The van der Waals surface area contributed by atoms with Crippen LogP contribution in [0, 0.1) is 18.6 Å². The summed E-state index contributed by atoms with van der Waals surface area (Å²) in [5.41, 5.74) is 4.60. The van der Waals surface area contributed by atoms with Gasteiger partial charge in [0.2, 0.25) is 0 Å². The lowest BCUT2D eigenvalue weighted by Gasteiger charge is -2.10. The molecule has 0 fully saturated rings. The molecule has 6 nitrogen and oxygen atoms in total. The van der Waals surface area contributed by atoms with E-state index in [0.29, 0.717) is 5.82 Å². The Hall–Kier alpha value is -2.16. The van der Waals surface area contributed by atoms with E-state index in [1.165, 1.54) is 10.8 Å². The predicted octanol–water partition coefficient (Wildman–Crippen LogP) is 1.39. The molecule has 0 spiro atoms. The Morgan fingerprint density at radius 2 is 2.00 bits per heavy atom. The number of nitrogens with zero attached hydrogens (tertiary/aromatic N) is 2. The maximum atomic E-state index is 13.6. The fourth-order valence-corrected chi connectivity index (χ4v) is 2.64. The van der Waals surface area contributed by atoms with Gasteiger partial charge < -0.3 is 10.3 Å². The lowest BCUT2D eigenvalue weighted by Crippen LogP contribution is -2.16. The minimum absolute atomic E-state index is 0.222. The number of nitrogens with two attached hydrogens (primary N) is 1. The highest BCUT2D eigenvalue weighted by atomic mass is 32.2. The molecule has 1 aromatic carbocycles. The highest BCUT2D eigenvalue weighted by molar-refractivity contribution is 7.92. The molecule has 0 atom stereocenters. The molecule has 0 saturated heterocycles. The first-order valence-corrected chi connectivity index (χ1v) is 6.97. The zero-order valence-electron chi connectivity index (χ0n) is 10.7. The number of imidazole rings is 1. The first kappa shape index (κ1) is 14.3. The molecule has 0 bridgehead atoms. The molecule has 108 valence electrons. The Labute approximate surface area is 114 Å². The van der Waals surface area contributed by atoms with Crippen molar-refractivity contribution in [3.05, 3.63) is 35.8 Å². The van der Waals surface area contributed by atoms with Gasteiger partial charge in [-0.3, -0.25) is 4.72 Å². The molecule has 1 heterocycles. The summed E-state index contributed by atoms with van der Waals surface area (Å²) in [4.78, 5) is 3.82. The van der Waals surface area contributed by atoms with Crippen molar-refractivity contribution in [3.8, 4) is 0 Å². The number of halogens is 2. The summed E-state index contributed by atoms with van der Waals surface area (Å²) in [6.45, 7) is 1.61. The van der Waals surface area contributed by atoms with Crippen LogP contribution >= 0.6 is 0 Å². The van der Waals surface area contributed by atoms with Gasteiger partial charge in [0.1, 0.15) is 11.5 Å². The summed E-state index contributed by atoms with van der Waals surface area (Å²) in [5, 5.41) is -0.305. The summed E-state index contributed by atoms with van der Waals surface area (Å²) < 4.78 is 54.2. The number of hydrogen-bond donors (Lipinski definition) is 2. The van der Waals surface area contributed by atoms with Crippen LogP contribution in [0.25, 0.3) is 0 Å². The summed E-state index contributed by atoms with van der Waals surface area (Å²) >= 11 is 0. The largest absolute Gasteiger partial charge is 0.397 e. The first-order valence-electron chi connectivity index (χ1n) is 5.48. The number of rotatable bonds is 3. The standard InChI is InChI=1S/C11H12F2N4O2S/c1-6-15-9(5-17(6)2)20(18,19)16-11-8(14)4-3-7(12)10(11)13/h3-5,16H,14H2,1-2H3. The molecule has 1 aromatic heterocycles. The van der Waals surface area contributed by atoms with E-state index in [4.69, 9.17) is 5.73 Å². The average molecular weight is 302 g/mol. The maximum absolute atomic E-state index is 13.6. The van der Waals surface area contributed by atoms with Crippen molar-refractivity contribution < 1.29 is 17.2 Å². The van der Waals surface area contributed by atoms with Crippen molar-refractivity contribution in [3.63, 3.8) is 0 Å². The van der Waals surface area contributed by atoms with Crippen LogP contribution < -0.4 is 10.5 Å².